The SMILES string of the molecule is CC(C)N1CC2CC1CN2c1nn(-c2ccnc(NCc3ccccc3)c2)c2ccccc12. The van der Waals surface area contributed by atoms with Crippen LogP contribution in [0.3, 0.4) is 0 Å². The maximum atomic E-state index is 5.16. The molecule has 4 heterocycles. The molecule has 2 aliphatic heterocycles. The molecule has 0 amide bonds. The van der Waals surface area contributed by atoms with Gasteiger partial charge in [-0.1, -0.05) is 42.5 Å². The van der Waals surface area contributed by atoms with E-state index in [0.717, 1.165) is 42.5 Å². The number of pyridine rings is 1. The van der Waals surface area contributed by atoms with E-state index in [0.29, 0.717) is 18.1 Å². The summed E-state index contributed by atoms with van der Waals surface area (Å²) in [7, 11) is 0. The zero-order chi connectivity index (χ0) is 22.4. The van der Waals surface area contributed by atoms with Crippen molar-refractivity contribution in [1.29, 1.82) is 0 Å². The van der Waals surface area contributed by atoms with Gasteiger partial charge < -0.3 is 10.2 Å². The lowest BCUT2D eigenvalue weighted by Gasteiger charge is -2.36. The van der Waals surface area contributed by atoms with Gasteiger partial charge >= 0.3 is 0 Å². The van der Waals surface area contributed by atoms with Gasteiger partial charge in [-0.15, -0.1) is 5.10 Å². The molecule has 33 heavy (non-hydrogen) atoms. The minimum absolute atomic E-state index is 0.546. The highest BCUT2D eigenvalue weighted by Gasteiger charge is 2.45. The number of aromatic nitrogens is 3. The van der Waals surface area contributed by atoms with E-state index < -0.39 is 0 Å². The fraction of sp³-hybridized carbons (Fsp3) is 0.333. The molecular formula is C27H30N6. The molecule has 2 aliphatic rings. The summed E-state index contributed by atoms with van der Waals surface area (Å²) in [6.07, 6.45) is 3.10. The average Bonchev–Trinajstić information content (AvgIpc) is 3.56. The van der Waals surface area contributed by atoms with E-state index in [2.05, 4.69) is 93.2 Å². The largest absolute Gasteiger partial charge is 0.366 e. The summed E-state index contributed by atoms with van der Waals surface area (Å²) in [5.41, 5.74) is 3.39. The normalized spacial score (nSPS) is 20.3. The molecule has 0 radical (unpaired) electrons. The second-order valence-corrected chi connectivity index (χ2v) is 9.48. The lowest BCUT2D eigenvalue weighted by molar-refractivity contribution is 0.191. The third kappa shape index (κ3) is 3.64. The van der Waals surface area contributed by atoms with Gasteiger partial charge in [-0.05, 0) is 44.0 Å². The smallest absolute Gasteiger partial charge is 0.159 e. The van der Waals surface area contributed by atoms with Gasteiger partial charge in [-0.25, -0.2) is 9.67 Å². The summed E-state index contributed by atoms with van der Waals surface area (Å²) in [5.74, 6) is 1.96. The molecule has 2 saturated heterocycles. The Kier molecular flexibility index (Phi) is 5.03. The molecule has 168 valence electrons. The van der Waals surface area contributed by atoms with Gasteiger partial charge in [0, 0.05) is 55.4 Å². The van der Waals surface area contributed by atoms with Gasteiger partial charge in [0.15, 0.2) is 5.82 Å². The Hall–Kier alpha value is -3.38. The lowest BCUT2D eigenvalue weighted by atomic mass is 10.2. The van der Waals surface area contributed by atoms with Crippen molar-refractivity contribution < 1.29 is 0 Å². The Balaban J connectivity index is 1.31. The van der Waals surface area contributed by atoms with Crippen LogP contribution in [0.4, 0.5) is 11.6 Å². The predicted octanol–water partition coefficient (Wildman–Crippen LogP) is 4.70. The van der Waals surface area contributed by atoms with Crippen LogP contribution in [-0.2, 0) is 6.54 Å². The van der Waals surface area contributed by atoms with Gasteiger partial charge in [0.05, 0.1) is 11.2 Å². The van der Waals surface area contributed by atoms with Crippen molar-refractivity contribution in [1.82, 2.24) is 19.7 Å². The summed E-state index contributed by atoms with van der Waals surface area (Å²) in [5, 5.41) is 9.83. The third-order valence-corrected chi connectivity index (χ3v) is 7.09. The first kappa shape index (κ1) is 20.2. The number of para-hydroxylation sites is 1. The standard InChI is InChI=1S/C27H30N6/c1-19(2)31-17-23-14-22(31)18-32(23)27-24-10-6-7-11-25(24)33(30-27)21-12-13-28-26(15-21)29-16-20-8-4-3-5-9-20/h3-13,15,19,22-23H,14,16-18H2,1-2H3,(H,28,29). The van der Waals surface area contributed by atoms with Crippen LogP contribution in [0.2, 0.25) is 0 Å². The van der Waals surface area contributed by atoms with Gasteiger partial charge in [0.1, 0.15) is 5.82 Å². The molecule has 0 saturated carbocycles. The fourth-order valence-corrected chi connectivity index (χ4v) is 5.48. The van der Waals surface area contributed by atoms with E-state index in [-0.39, 0.29) is 0 Å². The Labute approximate surface area is 194 Å². The van der Waals surface area contributed by atoms with Gasteiger partial charge in [-0.3, -0.25) is 4.90 Å². The van der Waals surface area contributed by atoms with E-state index in [1.54, 1.807) is 0 Å². The maximum absolute atomic E-state index is 5.16. The zero-order valence-electron chi connectivity index (χ0n) is 19.2. The minimum atomic E-state index is 0.546. The Bertz CT molecular complexity index is 1260. The number of likely N-dealkylation sites (tertiary alicyclic amines) is 1. The second kappa shape index (κ2) is 8.19. The average molecular weight is 439 g/mol. The van der Waals surface area contributed by atoms with Crippen molar-refractivity contribution in [2.45, 2.75) is 44.9 Å². The molecule has 1 N–H and O–H groups in total. The van der Waals surface area contributed by atoms with Gasteiger partial charge in [0.2, 0.25) is 0 Å². The number of benzene rings is 2. The molecular weight excluding hydrogens is 408 g/mol. The third-order valence-electron chi connectivity index (χ3n) is 7.09. The molecule has 0 spiro atoms. The van der Waals surface area contributed by atoms with Crippen molar-refractivity contribution in [2.75, 3.05) is 23.3 Å². The Morgan fingerprint density at radius 3 is 2.58 bits per heavy atom. The molecule has 2 unspecified atom stereocenters. The highest BCUT2D eigenvalue weighted by molar-refractivity contribution is 5.92. The predicted molar refractivity (Wildman–Crippen MR) is 134 cm³/mol. The first-order valence-corrected chi connectivity index (χ1v) is 11.9. The van der Waals surface area contributed by atoms with E-state index in [1.165, 1.54) is 17.4 Å². The number of hydrogen-bond donors (Lipinski definition) is 1. The number of anilines is 2. The number of nitrogens with zero attached hydrogens (tertiary/aromatic N) is 5. The number of rotatable bonds is 6. The monoisotopic (exact) mass is 438 g/mol. The maximum Gasteiger partial charge on any atom is 0.159 e. The van der Waals surface area contributed by atoms with Crippen molar-refractivity contribution in [3.05, 3.63) is 78.5 Å². The summed E-state index contributed by atoms with van der Waals surface area (Å²) in [6, 6.07) is 24.9. The molecule has 0 aliphatic carbocycles. The quantitative estimate of drug-likeness (QED) is 0.473. The van der Waals surface area contributed by atoms with Crippen LogP contribution < -0.4 is 10.2 Å². The van der Waals surface area contributed by atoms with Crippen LogP contribution >= 0.6 is 0 Å². The zero-order valence-corrected chi connectivity index (χ0v) is 19.2. The Morgan fingerprint density at radius 1 is 0.970 bits per heavy atom. The lowest BCUT2D eigenvalue weighted by Crippen LogP contribution is -2.49. The molecule has 2 atom stereocenters. The summed E-state index contributed by atoms with van der Waals surface area (Å²) < 4.78 is 2.08. The topological polar surface area (TPSA) is 49.2 Å². The summed E-state index contributed by atoms with van der Waals surface area (Å²) in [4.78, 5) is 9.72. The van der Waals surface area contributed by atoms with Crippen LogP contribution in [0.1, 0.15) is 25.8 Å². The Morgan fingerprint density at radius 2 is 1.79 bits per heavy atom. The van der Waals surface area contributed by atoms with Crippen LogP contribution in [0.25, 0.3) is 16.6 Å². The van der Waals surface area contributed by atoms with Crippen molar-refractivity contribution in [3.8, 4) is 5.69 Å². The summed E-state index contributed by atoms with van der Waals surface area (Å²) in [6.45, 7) is 7.55. The second-order valence-electron chi connectivity index (χ2n) is 9.48. The molecule has 6 nitrogen and oxygen atoms in total. The van der Waals surface area contributed by atoms with Crippen LogP contribution in [-0.4, -0.2) is 50.9 Å². The fourth-order valence-electron chi connectivity index (χ4n) is 5.48. The van der Waals surface area contributed by atoms with E-state index in [4.69, 9.17) is 5.10 Å². The van der Waals surface area contributed by atoms with Crippen LogP contribution in [0, 0.1) is 0 Å². The minimum Gasteiger partial charge on any atom is -0.366 e. The molecule has 2 aromatic heterocycles. The van der Waals surface area contributed by atoms with E-state index >= 15 is 0 Å². The molecule has 4 aromatic rings. The number of hydrogen-bond acceptors (Lipinski definition) is 5. The van der Waals surface area contributed by atoms with E-state index in [9.17, 15) is 0 Å². The number of nitrogens with one attached hydrogen (secondary N) is 1. The van der Waals surface area contributed by atoms with Crippen molar-refractivity contribution in [3.63, 3.8) is 0 Å². The van der Waals surface area contributed by atoms with Crippen molar-refractivity contribution >= 4 is 22.5 Å². The first-order valence-electron chi connectivity index (χ1n) is 11.9. The molecule has 6 heteroatoms. The van der Waals surface area contributed by atoms with Gasteiger partial charge in [-0.2, -0.15) is 0 Å². The highest BCUT2D eigenvalue weighted by atomic mass is 15.4. The summed E-state index contributed by atoms with van der Waals surface area (Å²) >= 11 is 0. The number of piperazine rings is 1. The molecule has 2 bridgehead atoms. The van der Waals surface area contributed by atoms with Crippen LogP contribution in [0.5, 0.6) is 0 Å². The van der Waals surface area contributed by atoms with Crippen LogP contribution in [0.15, 0.2) is 72.9 Å². The molecule has 2 fully saturated rings. The number of fused-ring (bicyclic) bond motifs is 3. The van der Waals surface area contributed by atoms with Gasteiger partial charge in [0.25, 0.3) is 0 Å². The molecule has 2 aromatic carbocycles. The molecule has 6 rings (SSSR count). The first-order chi connectivity index (χ1) is 16.2. The van der Waals surface area contributed by atoms with Crippen molar-refractivity contribution in [2.24, 2.45) is 0 Å². The highest BCUT2D eigenvalue weighted by Crippen LogP contribution is 2.38. The van der Waals surface area contributed by atoms with E-state index in [1.807, 2.05) is 18.3 Å².